The summed E-state index contributed by atoms with van der Waals surface area (Å²) in [5, 5.41) is 10.2. The lowest BCUT2D eigenvalue weighted by Crippen LogP contribution is -2.13. The Morgan fingerprint density at radius 3 is 2.38 bits per heavy atom. The van der Waals surface area contributed by atoms with Crippen molar-refractivity contribution in [3.05, 3.63) is 102 Å². The molecule has 2 aromatic heterocycles. The third-order valence-corrected chi connectivity index (χ3v) is 5.52. The van der Waals surface area contributed by atoms with E-state index in [-0.39, 0.29) is 5.78 Å². The molecule has 1 aliphatic heterocycles. The largest absolute Gasteiger partial charge is 0.371 e. The Hall–Kier alpha value is -4.19. The van der Waals surface area contributed by atoms with E-state index in [1.807, 2.05) is 74.5 Å². The summed E-state index contributed by atoms with van der Waals surface area (Å²) in [6.07, 6.45) is 5.27. The first-order chi connectivity index (χ1) is 15.6. The molecule has 0 bridgehead atoms. The number of hydrogen-bond acceptors (Lipinski definition) is 6. The lowest BCUT2D eigenvalue weighted by Gasteiger charge is -2.13. The van der Waals surface area contributed by atoms with Crippen LogP contribution in [0.25, 0.3) is 0 Å². The summed E-state index contributed by atoms with van der Waals surface area (Å²) < 4.78 is 0. The second-order valence-corrected chi connectivity index (χ2v) is 7.95. The van der Waals surface area contributed by atoms with Crippen LogP contribution in [0.15, 0.2) is 79.3 Å². The fourth-order valence-corrected chi connectivity index (χ4v) is 4.09. The summed E-state index contributed by atoms with van der Waals surface area (Å²) in [6.45, 7) is 3.94. The van der Waals surface area contributed by atoms with E-state index in [0.717, 1.165) is 50.8 Å². The van der Waals surface area contributed by atoms with E-state index in [2.05, 4.69) is 25.9 Å². The number of Topliss-reactive ketones (excluding diaryl/α,β-unsaturated/α-hetero) is 1. The number of carbonyl (C=O) groups is 1. The van der Waals surface area contributed by atoms with Gasteiger partial charge in [0, 0.05) is 58.3 Å². The van der Waals surface area contributed by atoms with Crippen LogP contribution < -0.4 is 16.0 Å². The molecular formula is C26H23N5O. The second kappa shape index (κ2) is 8.15. The molecule has 0 amide bonds. The second-order valence-electron chi connectivity index (χ2n) is 7.95. The number of aromatic nitrogens is 2. The van der Waals surface area contributed by atoms with Crippen molar-refractivity contribution < 1.29 is 4.79 Å². The Kier molecular flexibility index (Phi) is 5.03. The van der Waals surface area contributed by atoms with Gasteiger partial charge >= 0.3 is 0 Å². The first kappa shape index (κ1) is 19.8. The number of ketones is 1. The van der Waals surface area contributed by atoms with E-state index >= 15 is 0 Å². The SMILES string of the molecule is Cc1cc(Nc2cc(C)c3c(c2)NC(c2cccc(Nc4ccncc4)c2)C3=O)ccn1. The molecule has 3 N–H and O–H groups in total. The molecule has 0 aliphatic carbocycles. The highest BCUT2D eigenvalue weighted by Crippen LogP contribution is 2.39. The van der Waals surface area contributed by atoms with Crippen molar-refractivity contribution in [2.24, 2.45) is 0 Å². The highest BCUT2D eigenvalue weighted by molar-refractivity contribution is 6.12. The number of aryl methyl sites for hydroxylation is 2. The zero-order chi connectivity index (χ0) is 22.1. The van der Waals surface area contributed by atoms with E-state index in [1.54, 1.807) is 18.6 Å². The molecular weight excluding hydrogens is 398 g/mol. The number of benzene rings is 2. The van der Waals surface area contributed by atoms with Gasteiger partial charge in [-0.05, 0) is 73.5 Å². The summed E-state index contributed by atoms with van der Waals surface area (Å²) >= 11 is 0. The van der Waals surface area contributed by atoms with Crippen LogP contribution in [0.4, 0.5) is 28.4 Å². The number of rotatable bonds is 5. The van der Waals surface area contributed by atoms with Gasteiger partial charge in [-0.3, -0.25) is 14.8 Å². The van der Waals surface area contributed by atoms with Crippen molar-refractivity contribution in [3.8, 4) is 0 Å². The van der Waals surface area contributed by atoms with Gasteiger partial charge in [0.25, 0.3) is 0 Å². The van der Waals surface area contributed by atoms with E-state index in [4.69, 9.17) is 0 Å². The Morgan fingerprint density at radius 2 is 1.56 bits per heavy atom. The van der Waals surface area contributed by atoms with Crippen molar-refractivity contribution in [3.63, 3.8) is 0 Å². The van der Waals surface area contributed by atoms with Gasteiger partial charge in [-0.15, -0.1) is 0 Å². The van der Waals surface area contributed by atoms with Crippen LogP contribution in [0.3, 0.4) is 0 Å². The predicted octanol–water partition coefficient (Wildman–Crippen LogP) is 5.93. The van der Waals surface area contributed by atoms with Gasteiger partial charge in [-0.1, -0.05) is 12.1 Å². The molecule has 0 spiro atoms. The van der Waals surface area contributed by atoms with Crippen LogP contribution in [-0.2, 0) is 0 Å². The minimum atomic E-state index is -0.415. The van der Waals surface area contributed by atoms with Gasteiger partial charge in [-0.25, -0.2) is 0 Å². The molecule has 32 heavy (non-hydrogen) atoms. The average Bonchev–Trinajstić information content (AvgIpc) is 3.11. The predicted molar refractivity (Wildman–Crippen MR) is 128 cm³/mol. The van der Waals surface area contributed by atoms with Crippen molar-refractivity contribution in [1.29, 1.82) is 0 Å². The maximum Gasteiger partial charge on any atom is 0.191 e. The number of carbonyl (C=O) groups excluding carboxylic acids is 1. The van der Waals surface area contributed by atoms with Gasteiger partial charge in [0.05, 0.1) is 0 Å². The number of fused-ring (bicyclic) bond motifs is 1. The molecule has 0 saturated carbocycles. The average molecular weight is 422 g/mol. The molecule has 4 aromatic rings. The van der Waals surface area contributed by atoms with Crippen LogP contribution in [0.5, 0.6) is 0 Å². The molecule has 1 unspecified atom stereocenters. The molecule has 1 atom stereocenters. The van der Waals surface area contributed by atoms with E-state index in [0.29, 0.717) is 0 Å². The summed E-state index contributed by atoms with van der Waals surface area (Å²) in [5.74, 6) is 0.0878. The minimum Gasteiger partial charge on any atom is -0.371 e. The molecule has 0 radical (unpaired) electrons. The van der Waals surface area contributed by atoms with E-state index in [9.17, 15) is 4.79 Å². The number of pyridine rings is 2. The zero-order valence-corrected chi connectivity index (χ0v) is 17.9. The van der Waals surface area contributed by atoms with Crippen LogP contribution >= 0.6 is 0 Å². The fourth-order valence-electron chi connectivity index (χ4n) is 4.09. The van der Waals surface area contributed by atoms with Gasteiger partial charge in [0.15, 0.2) is 5.78 Å². The molecule has 0 saturated heterocycles. The molecule has 6 nitrogen and oxygen atoms in total. The molecule has 2 aromatic carbocycles. The lowest BCUT2D eigenvalue weighted by atomic mass is 9.98. The highest BCUT2D eigenvalue weighted by Gasteiger charge is 2.33. The van der Waals surface area contributed by atoms with Gasteiger partial charge in [-0.2, -0.15) is 0 Å². The topological polar surface area (TPSA) is 78.9 Å². The van der Waals surface area contributed by atoms with Gasteiger partial charge in [0.2, 0.25) is 0 Å². The Balaban J connectivity index is 1.40. The van der Waals surface area contributed by atoms with Crippen molar-refractivity contribution in [2.45, 2.75) is 19.9 Å². The van der Waals surface area contributed by atoms with Crippen LogP contribution in [0.2, 0.25) is 0 Å². The highest BCUT2D eigenvalue weighted by atomic mass is 16.1. The molecule has 3 heterocycles. The van der Waals surface area contributed by atoms with Crippen LogP contribution in [0, 0.1) is 13.8 Å². The molecule has 6 heteroatoms. The monoisotopic (exact) mass is 421 g/mol. The van der Waals surface area contributed by atoms with Crippen molar-refractivity contribution in [1.82, 2.24) is 9.97 Å². The zero-order valence-electron chi connectivity index (χ0n) is 17.9. The third-order valence-electron chi connectivity index (χ3n) is 5.52. The smallest absolute Gasteiger partial charge is 0.191 e. The third kappa shape index (κ3) is 3.90. The van der Waals surface area contributed by atoms with Crippen molar-refractivity contribution in [2.75, 3.05) is 16.0 Å². The summed E-state index contributed by atoms with van der Waals surface area (Å²) in [6, 6.07) is 19.3. The summed E-state index contributed by atoms with van der Waals surface area (Å²) in [5.41, 5.74) is 8.18. The lowest BCUT2D eigenvalue weighted by molar-refractivity contribution is 0.0979. The molecule has 1 aliphatic rings. The maximum absolute atomic E-state index is 13.3. The minimum absolute atomic E-state index is 0.0878. The molecule has 0 fully saturated rings. The number of nitrogens with zero attached hydrogens (tertiary/aromatic N) is 2. The summed E-state index contributed by atoms with van der Waals surface area (Å²) in [7, 11) is 0. The Labute approximate surface area is 186 Å². The number of hydrogen-bond donors (Lipinski definition) is 3. The van der Waals surface area contributed by atoms with E-state index < -0.39 is 6.04 Å². The summed E-state index contributed by atoms with van der Waals surface area (Å²) in [4.78, 5) is 21.6. The first-order valence-electron chi connectivity index (χ1n) is 10.5. The van der Waals surface area contributed by atoms with Crippen LogP contribution in [-0.4, -0.2) is 15.8 Å². The van der Waals surface area contributed by atoms with E-state index in [1.165, 1.54) is 0 Å². The number of nitrogens with one attached hydrogen (secondary N) is 3. The quantitative estimate of drug-likeness (QED) is 0.371. The Bertz CT molecular complexity index is 1300. The standard InChI is InChI=1S/C26H23N5O/c1-16-12-22(30-21-8-11-28-17(2)13-21)15-23-24(16)26(32)25(31-23)18-4-3-5-20(14-18)29-19-6-9-27-10-7-19/h3-15,25,31H,1-2H3,(H,27,29)(H,28,30). The Morgan fingerprint density at radius 1 is 0.812 bits per heavy atom. The van der Waals surface area contributed by atoms with Crippen LogP contribution in [0.1, 0.15) is 33.2 Å². The maximum atomic E-state index is 13.3. The van der Waals surface area contributed by atoms with Gasteiger partial charge < -0.3 is 16.0 Å². The van der Waals surface area contributed by atoms with Crippen molar-refractivity contribution >= 4 is 34.2 Å². The molecule has 158 valence electrons. The normalized spacial score (nSPS) is 14.6. The number of anilines is 5. The first-order valence-corrected chi connectivity index (χ1v) is 10.5. The van der Waals surface area contributed by atoms with Gasteiger partial charge in [0.1, 0.15) is 6.04 Å². The molecule has 5 rings (SSSR count). The fraction of sp³-hybridized carbons (Fsp3) is 0.115.